The minimum atomic E-state index is -0.0640. The summed E-state index contributed by atoms with van der Waals surface area (Å²) < 4.78 is 16.1. The molecule has 1 aliphatic heterocycles. The lowest BCUT2D eigenvalue weighted by atomic mass is 9.95. The molecule has 3 rings (SSSR count). The molecule has 3 N–H and O–H groups in total. The van der Waals surface area contributed by atoms with Crippen LogP contribution in [0.25, 0.3) is 0 Å². The Labute approximate surface area is 183 Å². The molecule has 1 aliphatic rings. The average Bonchev–Trinajstić information content (AvgIpc) is 3.11. The first-order valence-electron chi connectivity index (χ1n) is 9.64. The van der Waals surface area contributed by atoms with E-state index < -0.39 is 0 Å². The molecule has 164 valence electrons. The second-order valence-electron chi connectivity index (χ2n) is 7.16. The Morgan fingerprint density at radius 1 is 1.07 bits per heavy atom. The summed E-state index contributed by atoms with van der Waals surface area (Å²) in [6.07, 6.45) is 0. The summed E-state index contributed by atoms with van der Waals surface area (Å²) in [5.74, 6) is 2.02. The van der Waals surface area contributed by atoms with Crippen LogP contribution in [-0.2, 0) is 11.3 Å². The second-order valence-corrected chi connectivity index (χ2v) is 7.16. The summed E-state index contributed by atoms with van der Waals surface area (Å²) in [4.78, 5) is 14.6. The minimum absolute atomic E-state index is 0. The van der Waals surface area contributed by atoms with Gasteiger partial charge < -0.3 is 25.3 Å². The van der Waals surface area contributed by atoms with Crippen LogP contribution in [0.4, 0.5) is 0 Å². The highest BCUT2D eigenvalue weighted by atomic mass is 35.5. The molecular formula is C22H30ClN3O4. The fourth-order valence-electron chi connectivity index (χ4n) is 3.79. The summed E-state index contributed by atoms with van der Waals surface area (Å²) in [7, 11) is 4.74. The van der Waals surface area contributed by atoms with Crippen molar-refractivity contribution in [1.29, 1.82) is 0 Å². The highest BCUT2D eigenvalue weighted by Crippen LogP contribution is 2.34. The molecule has 0 saturated carbocycles. The Balaban J connectivity index is 0.00000320. The molecule has 1 fully saturated rings. The summed E-state index contributed by atoms with van der Waals surface area (Å²) >= 11 is 0. The molecular weight excluding hydrogens is 406 g/mol. The van der Waals surface area contributed by atoms with Crippen molar-refractivity contribution in [1.82, 2.24) is 10.2 Å². The molecule has 2 atom stereocenters. The first kappa shape index (κ1) is 23.8. The van der Waals surface area contributed by atoms with Crippen LogP contribution in [0.5, 0.6) is 17.2 Å². The van der Waals surface area contributed by atoms with Crippen LogP contribution in [0.2, 0.25) is 0 Å². The molecule has 0 spiro atoms. The van der Waals surface area contributed by atoms with E-state index in [0.29, 0.717) is 36.9 Å². The van der Waals surface area contributed by atoms with E-state index >= 15 is 0 Å². The molecule has 2 aromatic carbocycles. The molecule has 0 aromatic heterocycles. The SMILES string of the molecule is COc1cc(OC)c(CNC(=O)CN2C[C@@H](N)[C@H](c3ccccc3)C2)c(OC)c1.Cl. The number of hydrogen-bond donors (Lipinski definition) is 2. The fourth-order valence-corrected chi connectivity index (χ4v) is 3.79. The molecule has 8 heteroatoms. The number of nitrogens with zero attached hydrogens (tertiary/aromatic N) is 1. The van der Waals surface area contributed by atoms with Crippen molar-refractivity contribution < 1.29 is 19.0 Å². The van der Waals surface area contributed by atoms with E-state index in [1.165, 1.54) is 5.56 Å². The Morgan fingerprint density at radius 2 is 1.70 bits per heavy atom. The van der Waals surface area contributed by atoms with E-state index in [1.807, 2.05) is 18.2 Å². The van der Waals surface area contributed by atoms with Crippen molar-refractivity contribution in [2.45, 2.75) is 18.5 Å². The van der Waals surface area contributed by atoms with Gasteiger partial charge in [-0.3, -0.25) is 9.69 Å². The third-order valence-corrected chi connectivity index (χ3v) is 5.32. The molecule has 30 heavy (non-hydrogen) atoms. The first-order valence-corrected chi connectivity index (χ1v) is 9.64. The van der Waals surface area contributed by atoms with E-state index in [4.69, 9.17) is 19.9 Å². The number of nitrogens with one attached hydrogen (secondary N) is 1. The number of rotatable bonds is 8. The Morgan fingerprint density at radius 3 is 2.27 bits per heavy atom. The fraction of sp³-hybridized carbons (Fsp3) is 0.409. The zero-order chi connectivity index (χ0) is 20.8. The highest BCUT2D eigenvalue weighted by molar-refractivity contribution is 5.85. The predicted octanol–water partition coefficient (Wildman–Crippen LogP) is 2.18. The third kappa shape index (κ3) is 5.56. The number of hydrogen-bond acceptors (Lipinski definition) is 6. The van der Waals surface area contributed by atoms with E-state index in [-0.39, 0.29) is 30.3 Å². The molecule has 0 unspecified atom stereocenters. The molecule has 1 heterocycles. The van der Waals surface area contributed by atoms with Gasteiger partial charge in [-0.2, -0.15) is 0 Å². The van der Waals surface area contributed by atoms with Crippen LogP contribution in [0.3, 0.4) is 0 Å². The van der Waals surface area contributed by atoms with Crippen LogP contribution in [0.15, 0.2) is 42.5 Å². The summed E-state index contributed by atoms with van der Waals surface area (Å²) in [6, 6.07) is 13.8. The van der Waals surface area contributed by atoms with Crippen molar-refractivity contribution in [2.24, 2.45) is 5.73 Å². The minimum Gasteiger partial charge on any atom is -0.496 e. The molecule has 1 amide bonds. The summed E-state index contributed by atoms with van der Waals surface area (Å²) in [6.45, 7) is 2.07. The van der Waals surface area contributed by atoms with Gasteiger partial charge >= 0.3 is 0 Å². The number of carbonyl (C=O) groups is 1. The van der Waals surface area contributed by atoms with Crippen molar-refractivity contribution in [3.05, 3.63) is 53.6 Å². The number of ether oxygens (including phenoxy) is 3. The zero-order valence-corrected chi connectivity index (χ0v) is 18.4. The third-order valence-electron chi connectivity index (χ3n) is 5.32. The van der Waals surface area contributed by atoms with Crippen molar-refractivity contribution in [3.8, 4) is 17.2 Å². The van der Waals surface area contributed by atoms with E-state index in [2.05, 4.69) is 22.3 Å². The van der Waals surface area contributed by atoms with Crippen LogP contribution < -0.4 is 25.3 Å². The standard InChI is InChI=1S/C22H29N3O4.ClH/c1-27-16-9-20(28-2)17(21(10-16)29-3)11-24-22(26)14-25-12-18(19(23)13-25)15-7-5-4-6-8-15;/h4-10,18-19H,11-14,23H2,1-3H3,(H,24,26);1H/t18-,19+;/m0./s1. The second kappa shape index (κ2) is 11.1. The molecule has 0 bridgehead atoms. The number of nitrogens with two attached hydrogens (primary N) is 1. The lowest BCUT2D eigenvalue weighted by Crippen LogP contribution is -2.37. The van der Waals surface area contributed by atoms with Gasteiger partial charge in [0.25, 0.3) is 0 Å². The average molecular weight is 436 g/mol. The topological polar surface area (TPSA) is 86.1 Å². The maximum absolute atomic E-state index is 12.5. The maximum atomic E-state index is 12.5. The number of benzene rings is 2. The summed E-state index contributed by atoms with van der Waals surface area (Å²) in [5, 5.41) is 2.96. The molecule has 7 nitrogen and oxygen atoms in total. The monoisotopic (exact) mass is 435 g/mol. The maximum Gasteiger partial charge on any atom is 0.234 e. The number of carbonyl (C=O) groups excluding carboxylic acids is 1. The van der Waals surface area contributed by atoms with Crippen LogP contribution in [0.1, 0.15) is 17.0 Å². The van der Waals surface area contributed by atoms with Crippen LogP contribution in [-0.4, -0.2) is 57.8 Å². The number of methoxy groups -OCH3 is 3. The summed E-state index contributed by atoms with van der Waals surface area (Å²) in [5.41, 5.74) is 8.31. The van der Waals surface area contributed by atoms with Gasteiger partial charge in [-0.15, -0.1) is 12.4 Å². The van der Waals surface area contributed by atoms with Gasteiger partial charge in [-0.1, -0.05) is 30.3 Å². The lowest BCUT2D eigenvalue weighted by Gasteiger charge is -2.18. The smallest absolute Gasteiger partial charge is 0.234 e. The van der Waals surface area contributed by atoms with Gasteiger partial charge in [-0.25, -0.2) is 0 Å². The van der Waals surface area contributed by atoms with Gasteiger partial charge in [-0.05, 0) is 5.56 Å². The zero-order valence-electron chi connectivity index (χ0n) is 17.6. The van der Waals surface area contributed by atoms with Crippen molar-refractivity contribution >= 4 is 18.3 Å². The number of halogens is 1. The molecule has 2 aromatic rings. The Hall–Kier alpha value is -2.48. The van der Waals surface area contributed by atoms with Crippen molar-refractivity contribution in [2.75, 3.05) is 41.0 Å². The van der Waals surface area contributed by atoms with E-state index in [1.54, 1.807) is 33.5 Å². The van der Waals surface area contributed by atoms with Gasteiger partial charge in [0.1, 0.15) is 17.2 Å². The largest absolute Gasteiger partial charge is 0.496 e. The highest BCUT2D eigenvalue weighted by Gasteiger charge is 2.32. The van der Waals surface area contributed by atoms with E-state index in [0.717, 1.165) is 12.1 Å². The van der Waals surface area contributed by atoms with Crippen LogP contribution >= 0.6 is 12.4 Å². The predicted molar refractivity (Wildman–Crippen MR) is 119 cm³/mol. The van der Waals surface area contributed by atoms with Gasteiger partial charge in [0.15, 0.2) is 0 Å². The Kier molecular flexibility index (Phi) is 8.77. The first-order chi connectivity index (χ1) is 14.0. The van der Waals surface area contributed by atoms with Gasteiger partial charge in [0, 0.05) is 37.2 Å². The van der Waals surface area contributed by atoms with Gasteiger partial charge in [0.2, 0.25) is 5.91 Å². The molecule has 0 aliphatic carbocycles. The van der Waals surface area contributed by atoms with Gasteiger partial charge in [0.05, 0.1) is 40.0 Å². The molecule has 1 saturated heterocycles. The lowest BCUT2D eigenvalue weighted by molar-refractivity contribution is -0.122. The number of amides is 1. The number of likely N-dealkylation sites (tertiary alicyclic amines) is 1. The van der Waals surface area contributed by atoms with Crippen LogP contribution in [0, 0.1) is 0 Å². The molecule has 0 radical (unpaired) electrons. The van der Waals surface area contributed by atoms with E-state index in [9.17, 15) is 4.79 Å². The van der Waals surface area contributed by atoms with Crippen molar-refractivity contribution in [3.63, 3.8) is 0 Å². The normalized spacial score (nSPS) is 18.4. The Bertz CT molecular complexity index is 809. The quantitative estimate of drug-likeness (QED) is 0.661.